The Morgan fingerprint density at radius 3 is 2.71 bits per heavy atom. The highest BCUT2D eigenvalue weighted by molar-refractivity contribution is 5.97. The first-order valence-corrected chi connectivity index (χ1v) is 10.2. The number of amides is 1. The molecule has 4 aromatic rings. The van der Waals surface area contributed by atoms with Gasteiger partial charge in [-0.2, -0.15) is 0 Å². The Kier molecular flexibility index (Phi) is 6.71. The molecule has 0 fully saturated rings. The molecule has 0 spiro atoms. The zero-order chi connectivity index (χ0) is 25.0. The van der Waals surface area contributed by atoms with Gasteiger partial charge >= 0.3 is 12.0 Å². The van der Waals surface area contributed by atoms with Crippen molar-refractivity contribution in [3.8, 4) is 11.5 Å². The maximum Gasteiger partial charge on any atom is 0.573 e. The van der Waals surface area contributed by atoms with Gasteiger partial charge in [0.1, 0.15) is 11.4 Å². The van der Waals surface area contributed by atoms with E-state index in [2.05, 4.69) is 20.2 Å². The van der Waals surface area contributed by atoms with E-state index < -0.39 is 23.6 Å². The van der Waals surface area contributed by atoms with Crippen LogP contribution < -0.4 is 20.4 Å². The Balaban J connectivity index is 0.000000204. The van der Waals surface area contributed by atoms with Crippen LogP contribution in [0.3, 0.4) is 0 Å². The number of benzene rings is 2. The van der Waals surface area contributed by atoms with Crippen LogP contribution >= 0.6 is 0 Å². The molecule has 35 heavy (non-hydrogen) atoms. The molecule has 182 valence electrons. The standard InChI is InChI=1S/C16H13N3O4.C7H4F4O/c20-15(9-3-4-10-12(8-9)19-23-16(10)21)18-11-5-7-22-13-2-1-6-17-14(11)13;8-5-3-1-2-4-6(5)12-7(9,10)11/h1-4,6,8,11,19H,5,7H2,(H,18,20);1-4H. The third-order valence-electron chi connectivity index (χ3n) is 4.92. The molecular formula is C23H17F4N3O5. The van der Waals surface area contributed by atoms with Gasteiger partial charge in [-0.3, -0.25) is 9.78 Å². The molecule has 2 N–H and O–H groups in total. The number of aromatic nitrogens is 2. The van der Waals surface area contributed by atoms with Crippen LogP contribution in [0.5, 0.6) is 11.5 Å². The van der Waals surface area contributed by atoms with Crippen molar-refractivity contribution in [2.45, 2.75) is 18.8 Å². The van der Waals surface area contributed by atoms with Gasteiger partial charge in [0.2, 0.25) is 0 Å². The van der Waals surface area contributed by atoms with Gasteiger partial charge in [0.25, 0.3) is 5.91 Å². The van der Waals surface area contributed by atoms with Crippen LogP contribution in [-0.2, 0) is 0 Å². The molecule has 1 amide bonds. The van der Waals surface area contributed by atoms with E-state index in [4.69, 9.17) is 9.26 Å². The van der Waals surface area contributed by atoms with E-state index in [0.717, 1.165) is 17.8 Å². The van der Waals surface area contributed by atoms with Crippen LogP contribution in [0.4, 0.5) is 17.6 Å². The first-order chi connectivity index (χ1) is 16.7. The molecule has 1 aliphatic heterocycles. The van der Waals surface area contributed by atoms with Crippen molar-refractivity contribution < 1.29 is 36.4 Å². The predicted molar refractivity (Wildman–Crippen MR) is 114 cm³/mol. The molecule has 2 aromatic heterocycles. The minimum atomic E-state index is -4.85. The molecule has 0 saturated carbocycles. The van der Waals surface area contributed by atoms with E-state index in [0.29, 0.717) is 35.2 Å². The highest BCUT2D eigenvalue weighted by Crippen LogP contribution is 2.30. The zero-order valence-electron chi connectivity index (χ0n) is 17.8. The summed E-state index contributed by atoms with van der Waals surface area (Å²) in [4.78, 5) is 28.2. The van der Waals surface area contributed by atoms with Gasteiger partial charge in [0.15, 0.2) is 11.6 Å². The number of carbonyl (C=O) groups is 1. The maximum atomic E-state index is 12.5. The molecule has 1 atom stereocenters. The summed E-state index contributed by atoms with van der Waals surface area (Å²) in [6.07, 6.45) is -2.52. The number of alkyl halides is 3. The SMILES string of the molecule is Fc1ccccc1OC(F)(F)F.O=C(NC1CCOc2cccnc21)c1ccc2c(=O)o[nH]c2c1. The van der Waals surface area contributed by atoms with Crippen molar-refractivity contribution >= 4 is 16.8 Å². The van der Waals surface area contributed by atoms with Gasteiger partial charge in [-0.15, -0.1) is 13.2 Å². The number of halogens is 4. The Labute approximate surface area is 194 Å². The van der Waals surface area contributed by atoms with Crippen LogP contribution in [0.2, 0.25) is 0 Å². The predicted octanol–water partition coefficient (Wildman–Crippen LogP) is 4.49. The van der Waals surface area contributed by atoms with Crippen molar-refractivity contribution in [3.63, 3.8) is 0 Å². The molecule has 3 heterocycles. The highest BCUT2D eigenvalue weighted by Gasteiger charge is 2.32. The lowest BCUT2D eigenvalue weighted by Gasteiger charge is -2.25. The number of nitrogens with zero attached hydrogens (tertiary/aromatic N) is 1. The van der Waals surface area contributed by atoms with E-state index in [-0.39, 0.29) is 11.9 Å². The average Bonchev–Trinajstić information content (AvgIpc) is 3.20. The monoisotopic (exact) mass is 491 g/mol. The smallest absolute Gasteiger partial charge is 0.491 e. The number of para-hydroxylation sites is 1. The van der Waals surface area contributed by atoms with E-state index in [1.165, 1.54) is 12.1 Å². The van der Waals surface area contributed by atoms with Gasteiger partial charge in [0.05, 0.1) is 23.6 Å². The Morgan fingerprint density at radius 1 is 1.14 bits per heavy atom. The van der Waals surface area contributed by atoms with Crippen LogP contribution in [0.15, 0.2) is 70.1 Å². The van der Waals surface area contributed by atoms with Gasteiger partial charge in [0, 0.05) is 18.2 Å². The highest BCUT2D eigenvalue weighted by atomic mass is 19.4. The number of carbonyl (C=O) groups excluding carboxylic acids is 1. The summed E-state index contributed by atoms with van der Waals surface area (Å²) < 4.78 is 60.7. The van der Waals surface area contributed by atoms with Crippen LogP contribution in [0.25, 0.3) is 10.9 Å². The molecule has 1 unspecified atom stereocenters. The molecule has 0 saturated heterocycles. The summed E-state index contributed by atoms with van der Waals surface area (Å²) in [5.74, 6) is -1.39. The Bertz CT molecular complexity index is 1400. The number of nitrogens with one attached hydrogen (secondary N) is 2. The fourth-order valence-electron chi connectivity index (χ4n) is 3.35. The van der Waals surface area contributed by atoms with Gasteiger partial charge < -0.3 is 19.3 Å². The molecule has 2 aromatic carbocycles. The van der Waals surface area contributed by atoms with Crippen LogP contribution in [0.1, 0.15) is 28.5 Å². The number of rotatable bonds is 3. The van der Waals surface area contributed by atoms with Gasteiger partial charge in [-0.25, -0.2) is 14.3 Å². The lowest BCUT2D eigenvalue weighted by molar-refractivity contribution is -0.275. The van der Waals surface area contributed by atoms with Gasteiger partial charge in [-0.05, 0) is 42.5 Å². The second-order valence-electron chi connectivity index (χ2n) is 7.28. The number of fused-ring (bicyclic) bond motifs is 2. The summed E-state index contributed by atoms with van der Waals surface area (Å²) in [6, 6.07) is 12.5. The fraction of sp³-hybridized carbons (Fsp3) is 0.174. The molecule has 0 radical (unpaired) electrons. The summed E-state index contributed by atoms with van der Waals surface area (Å²) in [6.45, 7) is 0.526. The lowest BCUT2D eigenvalue weighted by Crippen LogP contribution is -2.32. The molecule has 0 bridgehead atoms. The van der Waals surface area contributed by atoms with E-state index in [9.17, 15) is 27.2 Å². The molecule has 12 heteroatoms. The van der Waals surface area contributed by atoms with Crippen molar-refractivity contribution in [3.05, 3.63) is 88.3 Å². The van der Waals surface area contributed by atoms with Crippen molar-refractivity contribution in [2.75, 3.05) is 6.61 Å². The third kappa shape index (κ3) is 5.78. The summed E-state index contributed by atoms with van der Waals surface area (Å²) in [5, 5.41) is 5.88. The van der Waals surface area contributed by atoms with Crippen LogP contribution in [0, 0.1) is 5.82 Å². The number of hydrogen-bond donors (Lipinski definition) is 2. The number of hydrogen-bond acceptors (Lipinski definition) is 6. The third-order valence-corrected chi connectivity index (χ3v) is 4.92. The largest absolute Gasteiger partial charge is 0.573 e. The number of H-pyrrole nitrogens is 1. The lowest BCUT2D eigenvalue weighted by atomic mass is 10.1. The number of aromatic amines is 1. The minimum absolute atomic E-state index is 0.202. The average molecular weight is 491 g/mol. The maximum absolute atomic E-state index is 12.5. The Morgan fingerprint density at radius 2 is 1.94 bits per heavy atom. The summed E-state index contributed by atoms with van der Waals surface area (Å²) in [7, 11) is 0. The van der Waals surface area contributed by atoms with Crippen molar-refractivity contribution in [1.82, 2.24) is 15.5 Å². The summed E-state index contributed by atoms with van der Waals surface area (Å²) in [5.41, 5.74) is 1.21. The van der Waals surface area contributed by atoms with E-state index >= 15 is 0 Å². The number of ether oxygens (including phenoxy) is 2. The van der Waals surface area contributed by atoms with Gasteiger partial charge in [-0.1, -0.05) is 12.1 Å². The minimum Gasteiger partial charge on any atom is -0.491 e. The van der Waals surface area contributed by atoms with Crippen molar-refractivity contribution in [1.29, 1.82) is 0 Å². The van der Waals surface area contributed by atoms with E-state index in [1.807, 2.05) is 6.07 Å². The normalized spacial score (nSPS) is 14.8. The second-order valence-corrected chi connectivity index (χ2v) is 7.28. The van der Waals surface area contributed by atoms with E-state index in [1.54, 1.807) is 30.5 Å². The van der Waals surface area contributed by atoms with Crippen molar-refractivity contribution in [2.24, 2.45) is 0 Å². The zero-order valence-corrected chi connectivity index (χ0v) is 17.8. The fourth-order valence-corrected chi connectivity index (χ4v) is 3.35. The van der Waals surface area contributed by atoms with Crippen LogP contribution in [-0.4, -0.2) is 29.0 Å². The first kappa shape index (κ1) is 23.8. The number of pyridine rings is 1. The molecule has 8 nitrogen and oxygen atoms in total. The first-order valence-electron chi connectivity index (χ1n) is 10.2. The molecule has 0 aliphatic carbocycles. The molecular weight excluding hydrogens is 474 g/mol. The summed E-state index contributed by atoms with van der Waals surface area (Å²) >= 11 is 0. The molecule has 1 aliphatic rings. The quantitative estimate of drug-likeness (QED) is 0.409. The topological polar surface area (TPSA) is 106 Å². The second kappa shape index (κ2) is 9.87. The molecule has 5 rings (SSSR count). The Hall–Kier alpha value is -4.35.